The van der Waals surface area contributed by atoms with E-state index in [9.17, 15) is 4.79 Å². The predicted molar refractivity (Wildman–Crippen MR) is 72.1 cm³/mol. The van der Waals surface area contributed by atoms with Crippen LogP contribution in [0.2, 0.25) is 0 Å². The van der Waals surface area contributed by atoms with Gasteiger partial charge in [-0.2, -0.15) is 4.98 Å². The van der Waals surface area contributed by atoms with Crippen LogP contribution in [0.1, 0.15) is 49.2 Å². The molecule has 0 radical (unpaired) electrons. The van der Waals surface area contributed by atoms with E-state index in [0.29, 0.717) is 5.78 Å². The summed E-state index contributed by atoms with van der Waals surface area (Å²) in [6.07, 6.45) is 0.836. The van der Waals surface area contributed by atoms with Gasteiger partial charge in [-0.05, 0) is 40.2 Å². The Morgan fingerprint density at radius 2 is 2.05 bits per heavy atom. The zero-order chi connectivity index (χ0) is 14.2. The zero-order valence-electron chi connectivity index (χ0n) is 12.0. The molecule has 0 bridgehead atoms. The quantitative estimate of drug-likeness (QED) is 0.912. The number of hydrogen-bond donors (Lipinski definition) is 1. The summed E-state index contributed by atoms with van der Waals surface area (Å²) in [6.45, 7) is 9.75. The molecule has 2 aromatic rings. The average Bonchev–Trinajstić information content (AvgIpc) is 2.72. The number of rotatable bonds is 3. The fraction of sp³-hybridized carbons (Fsp3) is 0.538. The van der Waals surface area contributed by atoms with E-state index < -0.39 is 0 Å². The van der Waals surface area contributed by atoms with Crippen LogP contribution in [0.3, 0.4) is 0 Å². The minimum absolute atomic E-state index is 0.155. The van der Waals surface area contributed by atoms with Crippen LogP contribution >= 0.6 is 0 Å². The van der Waals surface area contributed by atoms with Crippen molar-refractivity contribution in [2.45, 2.75) is 46.6 Å². The highest BCUT2D eigenvalue weighted by Crippen LogP contribution is 2.09. The van der Waals surface area contributed by atoms with E-state index in [1.54, 1.807) is 4.52 Å². The van der Waals surface area contributed by atoms with Gasteiger partial charge in [-0.3, -0.25) is 4.79 Å². The Kier molecular flexibility index (Phi) is 3.26. The van der Waals surface area contributed by atoms with E-state index in [4.69, 9.17) is 0 Å². The van der Waals surface area contributed by atoms with Gasteiger partial charge in [-0.15, -0.1) is 5.10 Å². The van der Waals surface area contributed by atoms with Crippen molar-refractivity contribution in [2.24, 2.45) is 0 Å². The number of amides is 1. The molecule has 2 rings (SSSR count). The Labute approximate surface area is 112 Å². The van der Waals surface area contributed by atoms with E-state index in [1.165, 1.54) is 0 Å². The van der Waals surface area contributed by atoms with Gasteiger partial charge in [0.05, 0.1) is 0 Å². The topological polar surface area (TPSA) is 72.2 Å². The predicted octanol–water partition coefficient (Wildman–Crippen LogP) is 1.66. The van der Waals surface area contributed by atoms with Gasteiger partial charge in [0.15, 0.2) is 0 Å². The van der Waals surface area contributed by atoms with Crippen molar-refractivity contribution < 1.29 is 4.79 Å². The third kappa shape index (κ3) is 2.72. The fourth-order valence-electron chi connectivity index (χ4n) is 1.71. The molecular formula is C13H19N5O. The van der Waals surface area contributed by atoms with Crippen LogP contribution in [0, 0.1) is 13.8 Å². The molecule has 0 spiro atoms. The molecular weight excluding hydrogens is 242 g/mol. The Morgan fingerprint density at radius 1 is 1.37 bits per heavy atom. The first-order valence-electron chi connectivity index (χ1n) is 6.36. The standard InChI is InChI=1S/C13H19N5O/c1-6-13(4,5)16-11(19)10-15-12-14-8(2)7-9(3)18(12)17-10/h7H,6H2,1-5H3,(H,16,19). The third-order valence-electron chi connectivity index (χ3n) is 3.16. The van der Waals surface area contributed by atoms with E-state index in [0.717, 1.165) is 17.8 Å². The summed E-state index contributed by atoms with van der Waals surface area (Å²) < 4.78 is 1.58. The molecule has 0 unspecified atom stereocenters. The molecule has 6 heteroatoms. The molecule has 2 aromatic heterocycles. The van der Waals surface area contributed by atoms with E-state index in [2.05, 4.69) is 20.4 Å². The van der Waals surface area contributed by atoms with E-state index in [-0.39, 0.29) is 17.3 Å². The molecule has 19 heavy (non-hydrogen) atoms. The second kappa shape index (κ2) is 4.60. The van der Waals surface area contributed by atoms with Crippen molar-refractivity contribution in [2.75, 3.05) is 0 Å². The maximum atomic E-state index is 12.1. The lowest BCUT2D eigenvalue weighted by Gasteiger charge is -2.23. The fourth-order valence-corrected chi connectivity index (χ4v) is 1.71. The third-order valence-corrected chi connectivity index (χ3v) is 3.16. The van der Waals surface area contributed by atoms with Crippen LogP contribution in [-0.4, -0.2) is 31.0 Å². The number of aromatic nitrogens is 4. The Morgan fingerprint density at radius 3 is 2.68 bits per heavy atom. The van der Waals surface area contributed by atoms with Crippen LogP contribution in [-0.2, 0) is 0 Å². The van der Waals surface area contributed by atoms with Crippen LogP contribution in [0.25, 0.3) is 5.78 Å². The van der Waals surface area contributed by atoms with Crippen molar-refractivity contribution in [1.82, 2.24) is 24.9 Å². The minimum atomic E-state index is -0.271. The number of nitrogens with zero attached hydrogens (tertiary/aromatic N) is 4. The monoisotopic (exact) mass is 261 g/mol. The molecule has 0 aliphatic rings. The van der Waals surface area contributed by atoms with Gasteiger partial charge < -0.3 is 5.32 Å². The SMILES string of the molecule is CCC(C)(C)NC(=O)c1nc2nc(C)cc(C)n2n1. The molecule has 0 aliphatic carbocycles. The first kappa shape index (κ1) is 13.5. The highest BCUT2D eigenvalue weighted by molar-refractivity contribution is 5.91. The summed E-state index contributed by atoms with van der Waals surface area (Å²) in [7, 11) is 0. The smallest absolute Gasteiger partial charge is 0.291 e. The maximum absolute atomic E-state index is 12.1. The summed E-state index contributed by atoms with van der Waals surface area (Å²) in [5.41, 5.74) is 1.49. The van der Waals surface area contributed by atoms with E-state index >= 15 is 0 Å². The molecule has 102 valence electrons. The lowest BCUT2D eigenvalue weighted by molar-refractivity contribution is 0.0900. The molecule has 2 heterocycles. The Hall–Kier alpha value is -1.98. The second-order valence-corrected chi connectivity index (χ2v) is 5.38. The summed E-state index contributed by atoms with van der Waals surface area (Å²) in [4.78, 5) is 20.6. The number of carbonyl (C=O) groups is 1. The summed E-state index contributed by atoms with van der Waals surface area (Å²) in [5, 5.41) is 7.11. The van der Waals surface area contributed by atoms with Crippen LogP contribution in [0.5, 0.6) is 0 Å². The van der Waals surface area contributed by atoms with Crippen molar-refractivity contribution in [3.63, 3.8) is 0 Å². The number of aryl methyl sites for hydroxylation is 2. The number of nitrogens with one attached hydrogen (secondary N) is 1. The minimum Gasteiger partial charge on any atom is -0.344 e. The van der Waals surface area contributed by atoms with Gasteiger partial charge >= 0.3 is 0 Å². The highest BCUT2D eigenvalue weighted by Gasteiger charge is 2.22. The molecule has 0 aromatic carbocycles. The number of fused-ring (bicyclic) bond motifs is 1. The second-order valence-electron chi connectivity index (χ2n) is 5.38. The molecule has 0 saturated carbocycles. The number of hydrogen-bond acceptors (Lipinski definition) is 4. The first-order chi connectivity index (χ1) is 8.82. The van der Waals surface area contributed by atoms with Gasteiger partial charge in [0.25, 0.3) is 11.7 Å². The van der Waals surface area contributed by atoms with Gasteiger partial charge in [-0.1, -0.05) is 6.92 Å². The van der Waals surface area contributed by atoms with Crippen LogP contribution in [0.4, 0.5) is 0 Å². The normalized spacial score (nSPS) is 11.8. The average molecular weight is 261 g/mol. The van der Waals surface area contributed by atoms with Gasteiger partial charge in [0.2, 0.25) is 5.82 Å². The summed E-state index contributed by atoms with van der Waals surface area (Å²) >= 11 is 0. The van der Waals surface area contributed by atoms with Crippen LogP contribution in [0.15, 0.2) is 6.07 Å². The Bertz CT molecular complexity index is 629. The lowest BCUT2D eigenvalue weighted by atomic mass is 10.0. The van der Waals surface area contributed by atoms with Crippen LogP contribution < -0.4 is 5.32 Å². The highest BCUT2D eigenvalue weighted by atomic mass is 16.2. The van der Waals surface area contributed by atoms with Gasteiger partial charge in [-0.25, -0.2) is 9.50 Å². The molecule has 0 aliphatic heterocycles. The van der Waals surface area contributed by atoms with Crippen molar-refractivity contribution in [3.8, 4) is 0 Å². The summed E-state index contributed by atoms with van der Waals surface area (Å²) in [5.74, 6) is 0.342. The molecule has 0 saturated heterocycles. The molecule has 0 fully saturated rings. The molecule has 1 amide bonds. The van der Waals surface area contributed by atoms with Gasteiger partial charge in [0.1, 0.15) is 0 Å². The van der Waals surface area contributed by atoms with Crippen molar-refractivity contribution >= 4 is 11.7 Å². The first-order valence-corrected chi connectivity index (χ1v) is 6.36. The zero-order valence-corrected chi connectivity index (χ0v) is 12.0. The largest absolute Gasteiger partial charge is 0.344 e. The van der Waals surface area contributed by atoms with Gasteiger partial charge in [0, 0.05) is 16.9 Å². The maximum Gasteiger partial charge on any atom is 0.291 e. The van der Waals surface area contributed by atoms with E-state index in [1.807, 2.05) is 40.7 Å². The van der Waals surface area contributed by atoms with Crippen molar-refractivity contribution in [3.05, 3.63) is 23.3 Å². The summed E-state index contributed by atoms with van der Waals surface area (Å²) in [6, 6.07) is 1.90. The van der Waals surface area contributed by atoms with Crippen molar-refractivity contribution in [1.29, 1.82) is 0 Å². The lowest BCUT2D eigenvalue weighted by Crippen LogP contribution is -2.43. The Balaban J connectivity index is 2.36. The number of carbonyl (C=O) groups excluding carboxylic acids is 1. The molecule has 6 nitrogen and oxygen atoms in total. The molecule has 0 atom stereocenters. The molecule has 1 N–H and O–H groups in total.